The van der Waals surface area contributed by atoms with Gasteiger partial charge in [-0.1, -0.05) is 12.5 Å². The van der Waals surface area contributed by atoms with Crippen LogP contribution in [0.25, 0.3) is 0 Å². The van der Waals surface area contributed by atoms with Crippen molar-refractivity contribution in [1.29, 1.82) is 0 Å². The Hall–Kier alpha value is -1.26. The summed E-state index contributed by atoms with van der Waals surface area (Å²) in [4.78, 5) is 14.1. The number of phenols is 1. The molecule has 1 fully saturated rings. The normalized spacial score (nSPS) is 27.8. The first-order valence-electron chi connectivity index (χ1n) is 9.05. The Kier molecular flexibility index (Phi) is 6.05. The molecule has 0 aliphatic heterocycles. The number of carbonyl (C=O) groups is 1. The van der Waals surface area contributed by atoms with Gasteiger partial charge in [-0.25, -0.2) is 0 Å². The Bertz CT molecular complexity index is 633. The van der Waals surface area contributed by atoms with Crippen molar-refractivity contribution in [3.63, 3.8) is 0 Å². The van der Waals surface area contributed by atoms with Crippen molar-refractivity contribution in [2.75, 3.05) is 20.6 Å². The molecule has 0 unspecified atom stereocenters. The van der Waals surface area contributed by atoms with Gasteiger partial charge in [-0.2, -0.15) is 0 Å². The van der Waals surface area contributed by atoms with Gasteiger partial charge in [0.2, 0.25) is 0 Å². The lowest BCUT2D eigenvalue weighted by molar-refractivity contribution is -0.177. The number of nitrogens with zero attached hydrogens (tertiary/aromatic N) is 1. The van der Waals surface area contributed by atoms with E-state index >= 15 is 0 Å². The second kappa shape index (κ2) is 7.55. The number of carbonyl (C=O) groups excluding carboxylic acids is 1. The number of hydrogen-bond acceptors (Lipinski definition) is 4. The minimum Gasteiger partial charge on any atom is -0.508 e. The van der Waals surface area contributed by atoms with Crippen molar-refractivity contribution in [2.24, 2.45) is 0 Å². The SMILES string of the molecule is CC(=O)O[C@]12CCCC[C@@]1(CCN(C)C)c1cc(O)ccc1CC2.Cl. The van der Waals surface area contributed by atoms with Crippen LogP contribution >= 0.6 is 12.4 Å². The largest absolute Gasteiger partial charge is 0.508 e. The van der Waals surface area contributed by atoms with Crippen LogP contribution in [0, 0.1) is 0 Å². The smallest absolute Gasteiger partial charge is 0.303 e. The molecule has 0 heterocycles. The fraction of sp³-hybridized carbons (Fsp3) is 0.650. The van der Waals surface area contributed by atoms with E-state index in [1.54, 1.807) is 6.07 Å². The molecule has 4 nitrogen and oxygen atoms in total. The maximum atomic E-state index is 11.9. The first-order valence-corrected chi connectivity index (χ1v) is 9.05. The van der Waals surface area contributed by atoms with Crippen LogP contribution in [-0.4, -0.2) is 42.2 Å². The predicted octanol–water partition coefficient (Wildman–Crippen LogP) is 3.83. The zero-order valence-corrected chi connectivity index (χ0v) is 16.3. The van der Waals surface area contributed by atoms with Crippen LogP contribution in [0.15, 0.2) is 18.2 Å². The number of benzene rings is 1. The van der Waals surface area contributed by atoms with Crippen LogP contribution in [0.4, 0.5) is 0 Å². The maximum Gasteiger partial charge on any atom is 0.303 e. The summed E-state index contributed by atoms with van der Waals surface area (Å²) < 4.78 is 6.08. The third-order valence-corrected chi connectivity index (χ3v) is 6.04. The molecular weight excluding hydrogens is 338 g/mol. The van der Waals surface area contributed by atoms with Gasteiger partial charge >= 0.3 is 5.97 Å². The molecule has 0 radical (unpaired) electrons. The van der Waals surface area contributed by atoms with Crippen LogP contribution in [0.5, 0.6) is 5.75 Å². The minimum atomic E-state index is -0.423. The number of aryl methyl sites for hydroxylation is 1. The highest BCUT2D eigenvalue weighted by Crippen LogP contribution is 2.57. The number of rotatable bonds is 4. The molecule has 140 valence electrons. The zero-order chi connectivity index (χ0) is 17.4. The standard InChI is InChI=1S/C20H29NO3.ClH/c1-15(22)24-20-10-5-4-9-19(20,12-13-21(2)3)18-14-17(23)7-6-16(18)8-11-20;/h6-7,14,23H,4-5,8-13H2,1-3H3;1H/t19-,20+;/m1./s1. The molecule has 0 saturated heterocycles. The molecule has 0 spiro atoms. The summed E-state index contributed by atoms with van der Waals surface area (Å²) in [6.07, 6.45) is 6.94. The Morgan fingerprint density at radius 1 is 1.24 bits per heavy atom. The summed E-state index contributed by atoms with van der Waals surface area (Å²) in [5.74, 6) is 0.122. The molecule has 1 saturated carbocycles. The van der Waals surface area contributed by atoms with E-state index < -0.39 is 5.60 Å². The van der Waals surface area contributed by atoms with Gasteiger partial charge in [-0.05, 0) is 82.4 Å². The molecule has 0 aromatic heterocycles. The van der Waals surface area contributed by atoms with Crippen molar-refractivity contribution in [1.82, 2.24) is 4.90 Å². The number of aromatic hydroxyl groups is 1. The van der Waals surface area contributed by atoms with Crippen LogP contribution in [0.1, 0.15) is 56.6 Å². The lowest BCUT2D eigenvalue weighted by Gasteiger charge is -2.56. The fourth-order valence-electron chi connectivity index (χ4n) is 4.99. The molecule has 0 bridgehead atoms. The second-order valence-electron chi connectivity index (χ2n) is 7.77. The molecular formula is C20H30ClNO3. The monoisotopic (exact) mass is 367 g/mol. The molecule has 1 N–H and O–H groups in total. The topological polar surface area (TPSA) is 49.8 Å². The lowest BCUT2D eigenvalue weighted by atomic mass is 9.53. The Labute approximate surface area is 157 Å². The molecule has 1 aromatic rings. The summed E-state index contributed by atoms with van der Waals surface area (Å²) in [6, 6.07) is 5.75. The predicted molar refractivity (Wildman–Crippen MR) is 101 cm³/mol. The van der Waals surface area contributed by atoms with E-state index in [-0.39, 0.29) is 23.8 Å². The van der Waals surface area contributed by atoms with E-state index in [0.717, 1.165) is 51.5 Å². The average Bonchev–Trinajstić information content (AvgIpc) is 2.52. The van der Waals surface area contributed by atoms with E-state index in [1.807, 2.05) is 12.1 Å². The van der Waals surface area contributed by atoms with Crippen molar-refractivity contribution in [3.05, 3.63) is 29.3 Å². The first-order chi connectivity index (χ1) is 11.4. The van der Waals surface area contributed by atoms with Crippen LogP contribution in [-0.2, 0) is 21.4 Å². The number of fused-ring (bicyclic) bond motifs is 3. The Morgan fingerprint density at radius 2 is 1.96 bits per heavy atom. The number of halogens is 1. The molecule has 25 heavy (non-hydrogen) atoms. The summed E-state index contributed by atoms with van der Waals surface area (Å²) in [5.41, 5.74) is 1.90. The number of phenolic OH excluding ortho intramolecular Hbond substituents is 1. The number of hydrogen-bond donors (Lipinski definition) is 1. The highest BCUT2D eigenvalue weighted by atomic mass is 35.5. The van der Waals surface area contributed by atoms with E-state index in [0.29, 0.717) is 5.75 Å². The molecule has 2 aliphatic rings. The summed E-state index contributed by atoms with van der Waals surface area (Å²) >= 11 is 0. The summed E-state index contributed by atoms with van der Waals surface area (Å²) in [7, 11) is 4.17. The van der Waals surface area contributed by atoms with Crippen LogP contribution < -0.4 is 0 Å². The fourth-order valence-corrected chi connectivity index (χ4v) is 4.99. The minimum absolute atomic E-state index is 0. The molecule has 3 rings (SSSR count). The van der Waals surface area contributed by atoms with Crippen molar-refractivity contribution in [2.45, 2.75) is 62.9 Å². The van der Waals surface area contributed by atoms with Gasteiger partial charge in [0.15, 0.2) is 0 Å². The quantitative estimate of drug-likeness (QED) is 0.822. The zero-order valence-electron chi connectivity index (χ0n) is 15.5. The first kappa shape index (κ1) is 20.1. The van der Waals surface area contributed by atoms with E-state index in [9.17, 15) is 9.90 Å². The highest BCUT2D eigenvalue weighted by molar-refractivity contribution is 5.85. The number of ether oxygens (including phenoxy) is 1. The van der Waals surface area contributed by atoms with Gasteiger partial charge in [-0.15, -0.1) is 12.4 Å². The van der Waals surface area contributed by atoms with Crippen molar-refractivity contribution in [3.8, 4) is 5.75 Å². The van der Waals surface area contributed by atoms with Gasteiger partial charge < -0.3 is 14.7 Å². The van der Waals surface area contributed by atoms with Gasteiger partial charge in [0.25, 0.3) is 0 Å². The van der Waals surface area contributed by atoms with Crippen molar-refractivity contribution < 1.29 is 14.6 Å². The molecule has 2 aliphatic carbocycles. The summed E-state index contributed by atoms with van der Waals surface area (Å²) in [5, 5.41) is 10.1. The highest BCUT2D eigenvalue weighted by Gasteiger charge is 2.58. The second-order valence-corrected chi connectivity index (χ2v) is 7.77. The number of esters is 1. The molecule has 0 amide bonds. The van der Waals surface area contributed by atoms with Crippen molar-refractivity contribution >= 4 is 18.4 Å². The van der Waals surface area contributed by atoms with E-state index in [2.05, 4.69) is 19.0 Å². The van der Waals surface area contributed by atoms with E-state index in [4.69, 9.17) is 4.74 Å². The van der Waals surface area contributed by atoms with Gasteiger partial charge in [0.1, 0.15) is 11.4 Å². The van der Waals surface area contributed by atoms with Crippen LogP contribution in [0.2, 0.25) is 0 Å². The molecule has 2 atom stereocenters. The van der Waals surface area contributed by atoms with E-state index in [1.165, 1.54) is 18.1 Å². The van der Waals surface area contributed by atoms with Gasteiger partial charge in [-0.3, -0.25) is 4.79 Å². The molecule has 5 heteroatoms. The average molecular weight is 368 g/mol. The van der Waals surface area contributed by atoms with Gasteiger partial charge in [0, 0.05) is 12.3 Å². The van der Waals surface area contributed by atoms with Gasteiger partial charge in [0.05, 0.1) is 0 Å². The Balaban J connectivity index is 0.00000225. The lowest BCUT2D eigenvalue weighted by Crippen LogP contribution is -2.59. The Morgan fingerprint density at radius 3 is 2.64 bits per heavy atom. The third-order valence-electron chi connectivity index (χ3n) is 6.04. The third kappa shape index (κ3) is 3.52. The van der Waals surface area contributed by atoms with Crippen LogP contribution in [0.3, 0.4) is 0 Å². The molecule has 1 aromatic carbocycles. The summed E-state index contributed by atoms with van der Waals surface area (Å²) in [6.45, 7) is 2.47. The maximum absolute atomic E-state index is 11.9.